The van der Waals surface area contributed by atoms with Crippen molar-refractivity contribution >= 4 is 18.0 Å². The fraction of sp³-hybridized carbons (Fsp3) is 0.350. The molecule has 0 atom stereocenters. The average molecular weight is 372 g/mol. The molecule has 144 valence electrons. The lowest BCUT2D eigenvalue weighted by molar-refractivity contribution is -0.143. The molecule has 1 rings (SSSR count). The Labute approximate surface area is 159 Å². The SMILES string of the molecule is C=CCc1cc(/C=C(/C#N)C(=O)N(C)C)cc(OCC)c1OCC(=O)OC. The van der Waals surface area contributed by atoms with Crippen molar-refractivity contribution in [3.63, 3.8) is 0 Å². The number of rotatable bonds is 9. The highest BCUT2D eigenvalue weighted by Crippen LogP contribution is 2.34. The monoisotopic (exact) mass is 372 g/mol. The molecule has 0 radical (unpaired) electrons. The summed E-state index contributed by atoms with van der Waals surface area (Å²) >= 11 is 0. The van der Waals surface area contributed by atoms with Crippen molar-refractivity contribution in [2.24, 2.45) is 0 Å². The van der Waals surface area contributed by atoms with Crippen LogP contribution in [0.4, 0.5) is 0 Å². The molecule has 7 heteroatoms. The number of hydrogen-bond acceptors (Lipinski definition) is 6. The number of benzene rings is 1. The van der Waals surface area contributed by atoms with Gasteiger partial charge in [-0.3, -0.25) is 4.79 Å². The number of amides is 1. The number of carbonyl (C=O) groups excluding carboxylic acids is 2. The second-order valence-electron chi connectivity index (χ2n) is 5.67. The molecule has 1 amide bonds. The van der Waals surface area contributed by atoms with Crippen LogP contribution in [0.25, 0.3) is 6.08 Å². The first-order valence-electron chi connectivity index (χ1n) is 8.31. The van der Waals surface area contributed by atoms with Gasteiger partial charge in [0.15, 0.2) is 18.1 Å². The number of nitrogens with zero attached hydrogens (tertiary/aromatic N) is 2. The molecule has 0 bridgehead atoms. The van der Waals surface area contributed by atoms with Crippen LogP contribution < -0.4 is 9.47 Å². The molecule has 0 unspecified atom stereocenters. The van der Waals surface area contributed by atoms with Crippen molar-refractivity contribution in [3.8, 4) is 17.6 Å². The quantitative estimate of drug-likeness (QED) is 0.286. The molecule has 1 aromatic rings. The van der Waals surface area contributed by atoms with E-state index in [1.165, 1.54) is 18.1 Å². The van der Waals surface area contributed by atoms with Crippen LogP contribution in [0, 0.1) is 11.3 Å². The smallest absolute Gasteiger partial charge is 0.343 e. The Bertz CT molecular complexity index is 775. The normalized spacial score (nSPS) is 10.6. The third-order valence-corrected chi connectivity index (χ3v) is 3.45. The van der Waals surface area contributed by atoms with Gasteiger partial charge in [-0.25, -0.2) is 4.79 Å². The second-order valence-corrected chi connectivity index (χ2v) is 5.67. The van der Waals surface area contributed by atoms with Crippen LogP contribution in [0.2, 0.25) is 0 Å². The molecule has 27 heavy (non-hydrogen) atoms. The summed E-state index contributed by atoms with van der Waals surface area (Å²) in [5.74, 6) is -0.112. The Morgan fingerprint density at radius 2 is 2.00 bits per heavy atom. The summed E-state index contributed by atoms with van der Waals surface area (Å²) in [6, 6.07) is 5.33. The van der Waals surface area contributed by atoms with Crippen LogP contribution in [-0.4, -0.2) is 51.2 Å². The van der Waals surface area contributed by atoms with Gasteiger partial charge in [0.25, 0.3) is 5.91 Å². The highest BCUT2D eigenvalue weighted by atomic mass is 16.6. The summed E-state index contributed by atoms with van der Waals surface area (Å²) < 4.78 is 15.8. The van der Waals surface area contributed by atoms with Crippen LogP contribution in [0.3, 0.4) is 0 Å². The lowest BCUT2D eigenvalue weighted by Crippen LogP contribution is -2.22. The number of carbonyl (C=O) groups is 2. The van der Waals surface area contributed by atoms with E-state index in [2.05, 4.69) is 11.3 Å². The van der Waals surface area contributed by atoms with E-state index in [0.29, 0.717) is 35.7 Å². The van der Waals surface area contributed by atoms with Gasteiger partial charge in [-0.15, -0.1) is 6.58 Å². The number of methoxy groups -OCH3 is 1. The number of likely N-dealkylation sites (N-methyl/N-ethyl adjacent to an activating group) is 1. The average Bonchev–Trinajstić information content (AvgIpc) is 2.64. The van der Waals surface area contributed by atoms with Crippen molar-refractivity contribution in [1.29, 1.82) is 5.26 Å². The topological polar surface area (TPSA) is 88.9 Å². The van der Waals surface area contributed by atoms with Crippen molar-refractivity contribution in [2.45, 2.75) is 13.3 Å². The summed E-state index contributed by atoms with van der Waals surface area (Å²) in [6.07, 6.45) is 3.61. The predicted octanol–water partition coefficient (Wildman–Crippen LogP) is 2.36. The lowest BCUT2D eigenvalue weighted by Gasteiger charge is -2.16. The molecule has 0 spiro atoms. The van der Waals surface area contributed by atoms with Gasteiger partial charge in [0.2, 0.25) is 0 Å². The molecule has 0 aromatic heterocycles. The number of esters is 1. The van der Waals surface area contributed by atoms with E-state index < -0.39 is 11.9 Å². The zero-order valence-corrected chi connectivity index (χ0v) is 16.1. The maximum atomic E-state index is 12.1. The van der Waals surface area contributed by atoms with Gasteiger partial charge in [0.05, 0.1) is 13.7 Å². The van der Waals surface area contributed by atoms with Crippen LogP contribution in [0.1, 0.15) is 18.1 Å². The molecule has 0 saturated carbocycles. The van der Waals surface area contributed by atoms with Crippen molar-refractivity contribution < 1.29 is 23.8 Å². The fourth-order valence-electron chi connectivity index (χ4n) is 2.24. The van der Waals surface area contributed by atoms with E-state index in [0.717, 1.165) is 0 Å². The van der Waals surface area contributed by atoms with E-state index in [1.54, 1.807) is 32.3 Å². The van der Waals surface area contributed by atoms with Gasteiger partial charge in [0, 0.05) is 19.7 Å². The van der Waals surface area contributed by atoms with E-state index in [-0.39, 0.29) is 12.2 Å². The molecule has 0 saturated heterocycles. The number of nitriles is 1. The number of hydrogen-bond donors (Lipinski definition) is 0. The van der Waals surface area contributed by atoms with Gasteiger partial charge < -0.3 is 19.1 Å². The first-order valence-corrected chi connectivity index (χ1v) is 8.31. The minimum atomic E-state index is -0.519. The minimum Gasteiger partial charge on any atom is -0.490 e. The Morgan fingerprint density at radius 3 is 2.52 bits per heavy atom. The van der Waals surface area contributed by atoms with Crippen LogP contribution in [0.5, 0.6) is 11.5 Å². The Hall–Kier alpha value is -3.27. The third kappa shape index (κ3) is 6.19. The summed E-state index contributed by atoms with van der Waals surface area (Å²) in [6.45, 7) is 5.65. The predicted molar refractivity (Wildman–Crippen MR) is 101 cm³/mol. The summed E-state index contributed by atoms with van der Waals surface area (Å²) in [5.41, 5.74) is 1.31. The Morgan fingerprint density at radius 1 is 1.30 bits per heavy atom. The van der Waals surface area contributed by atoms with Gasteiger partial charge in [-0.05, 0) is 37.1 Å². The second kappa shape index (κ2) is 10.7. The van der Waals surface area contributed by atoms with E-state index >= 15 is 0 Å². The van der Waals surface area contributed by atoms with Gasteiger partial charge in [-0.1, -0.05) is 6.08 Å². The maximum Gasteiger partial charge on any atom is 0.343 e. The molecule has 0 fully saturated rings. The first-order chi connectivity index (χ1) is 12.9. The van der Waals surface area contributed by atoms with Gasteiger partial charge in [0.1, 0.15) is 11.6 Å². The van der Waals surface area contributed by atoms with Gasteiger partial charge >= 0.3 is 5.97 Å². The summed E-state index contributed by atoms with van der Waals surface area (Å²) in [4.78, 5) is 24.8. The molecular weight excluding hydrogens is 348 g/mol. The van der Waals surface area contributed by atoms with Crippen LogP contribution >= 0.6 is 0 Å². The zero-order chi connectivity index (χ0) is 20.4. The highest BCUT2D eigenvalue weighted by molar-refractivity contribution is 6.01. The van der Waals surface area contributed by atoms with E-state index in [1.807, 2.05) is 13.0 Å². The van der Waals surface area contributed by atoms with Crippen molar-refractivity contribution in [2.75, 3.05) is 34.4 Å². The third-order valence-electron chi connectivity index (χ3n) is 3.45. The van der Waals surface area contributed by atoms with Crippen LogP contribution in [-0.2, 0) is 20.7 Å². The zero-order valence-electron chi connectivity index (χ0n) is 16.1. The standard InChI is InChI=1S/C20H24N2O5/c1-6-8-15-9-14(10-16(12-21)20(24)22(3)4)11-17(26-7-2)19(15)27-13-18(23)25-5/h6,9-11H,1,7-8,13H2,2-5H3/b16-10-. The molecule has 1 aromatic carbocycles. The van der Waals surface area contributed by atoms with E-state index in [4.69, 9.17) is 9.47 Å². The molecule has 7 nitrogen and oxygen atoms in total. The molecule has 0 N–H and O–H groups in total. The molecular formula is C20H24N2O5. The molecule has 0 heterocycles. The number of ether oxygens (including phenoxy) is 3. The minimum absolute atomic E-state index is 0.00442. The Balaban J connectivity index is 3.43. The molecule has 0 aliphatic rings. The lowest BCUT2D eigenvalue weighted by atomic mass is 10.0. The summed E-state index contributed by atoms with van der Waals surface area (Å²) in [7, 11) is 4.43. The Kier molecular flexibility index (Phi) is 8.60. The summed E-state index contributed by atoms with van der Waals surface area (Å²) in [5, 5.41) is 9.29. The van der Waals surface area contributed by atoms with Crippen molar-refractivity contribution in [1.82, 2.24) is 4.90 Å². The largest absolute Gasteiger partial charge is 0.490 e. The number of allylic oxidation sites excluding steroid dienone is 1. The van der Waals surface area contributed by atoms with Crippen molar-refractivity contribution in [3.05, 3.63) is 41.5 Å². The fourth-order valence-corrected chi connectivity index (χ4v) is 2.24. The molecule has 0 aliphatic heterocycles. The van der Waals surface area contributed by atoms with Gasteiger partial charge in [-0.2, -0.15) is 5.26 Å². The maximum absolute atomic E-state index is 12.1. The van der Waals surface area contributed by atoms with Crippen LogP contribution in [0.15, 0.2) is 30.4 Å². The highest BCUT2D eigenvalue weighted by Gasteiger charge is 2.16. The molecule has 0 aliphatic carbocycles. The van der Waals surface area contributed by atoms with E-state index in [9.17, 15) is 14.9 Å². The first kappa shape index (κ1) is 21.8.